The molecule has 2 fully saturated rings. The molecule has 0 saturated heterocycles. The number of carbonyl (C=O) groups is 1. The van der Waals surface area contributed by atoms with Crippen molar-refractivity contribution in [3.05, 3.63) is 11.6 Å². The monoisotopic (exact) mass is 352 g/mol. The van der Waals surface area contributed by atoms with Gasteiger partial charge >= 0.3 is 5.97 Å². The lowest BCUT2D eigenvalue weighted by atomic mass is 9.45. The number of carboxylic acid groups (broad SMARTS) is 1. The fourth-order valence-corrected chi connectivity index (χ4v) is 5.98. The quantitative estimate of drug-likeness (QED) is 0.573. The molecule has 0 aromatic rings. The molecule has 3 aliphatic carbocycles. The molecule has 2 saturated carbocycles. The van der Waals surface area contributed by atoms with Crippen molar-refractivity contribution >= 4 is 5.97 Å². The Kier molecular flexibility index (Phi) is 4.18. The zero-order valence-electron chi connectivity index (χ0n) is 15.7. The normalized spacial score (nSPS) is 47.5. The summed E-state index contributed by atoms with van der Waals surface area (Å²) in [5, 5.41) is 41.9. The van der Waals surface area contributed by atoms with Gasteiger partial charge in [-0.2, -0.15) is 0 Å². The highest BCUT2D eigenvalue weighted by atomic mass is 16.4. The van der Waals surface area contributed by atoms with Gasteiger partial charge in [-0.25, -0.2) is 0 Å². The van der Waals surface area contributed by atoms with E-state index in [1.54, 1.807) is 19.9 Å². The van der Waals surface area contributed by atoms with Crippen molar-refractivity contribution in [2.45, 2.75) is 83.5 Å². The fourth-order valence-electron chi connectivity index (χ4n) is 5.98. The van der Waals surface area contributed by atoms with Crippen LogP contribution in [0.2, 0.25) is 0 Å². The van der Waals surface area contributed by atoms with Crippen LogP contribution in [0.3, 0.4) is 0 Å². The third kappa shape index (κ3) is 2.58. The highest BCUT2D eigenvalue weighted by Crippen LogP contribution is 2.63. The maximum Gasteiger partial charge on any atom is 0.309 e. The summed E-state index contributed by atoms with van der Waals surface area (Å²) in [6.07, 6.45) is 4.86. The molecule has 142 valence electrons. The van der Waals surface area contributed by atoms with Crippen LogP contribution in [0.4, 0.5) is 0 Å². The van der Waals surface area contributed by atoms with Crippen LogP contribution in [0.15, 0.2) is 11.6 Å². The van der Waals surface area contributed by atoms with Gasteiger partial charge in [0.05, 0.1) is 17.1 Å². The number of hydrogen-bond acceptors (Lipinski definition) is 4. The Balaban J connectivity index is 2.05. The molecule has 6 unspecified atom stereocenters. The van der Waals surface area contributed by atoms with Gasteiger partial charge in [0.2, 0.25) is 0 Å². The molecule has 5 nitrogen and oxygen atoms in total. The Labute approximate surface area is 149 Å². The third-order valence-corrected chi connectivity index (χ3v) is 7.79. The molecule has 0 spiro atoms. The van der Waals surface area contributed by atoms with Crippen molar-refractivity contribution in [1.29, 1.82) is 0 Å². The van der Waals surface area contributed by atoms with Crippen LogP contribution in [-0.2, 0) is 4.79 Å². The summed E-state index contributed by atoms with van der Waals surface area (Å²) in [4.78, 5) is 12.0. The van der Waals surface area contributed by atoms with E-state index in [-0.39, 0.29) is 17.3 Å². The summed E-state index contributed by atoms with van der Waals surface area (Å²) in [5.41, 5.74) is -2.86. The summed E-state index contributed by atoms with van der Waals surface area (Å²) in [7, 11) is 0. The molecule has 0 aliphatic heterocycles. The Bertz CT molecular complexity index is 606. The summed E-state index contributed by atoms with van der Waals surface area (Å²) >= 11 is 0. The molecule has 4 N–H and O–H groups in total. The van der Waals surface area contributed by atoms with Crippen LogP contribution >= 0.6 is 0 Å². The largest absolute Gasteiger partial charge is 0.481 e. The van der Waals surface area contributed by atoms with Crippen molar-refractivity contribution in [2.75, 3.05) is 0 Å². The summed E-state index contributed by atoms with van der Waals surface area (Å²) < 4.78 is 0. The van der Waals surface area contributed by atoms with E-state index in [1.807, 2.05) is 6.92 Å². The molecule has 0 bridgehead atoms. The first-order chi connectivity index (χ1) is 11.4. The van der Waals surface area contributed by atoms with E-state index >= 15 is 0 Å². The zero-order valence-corrected chi connectivity index (χ0v) is 15.7. The van der Waals surface area contributed by atoms with Gasteiger partial charge in [0.15, 0.2) is 0 Å². The summed E-state index contributed by atoms with van der Waals surface area (Å²) in [6.45, 7) is 7.17. The van der Waals surface area contributed by atoms with E-state index < -0.39 is 28.7 Å². The lowest BCUT2D eigenvalue weighted by molar-refractivity contribution is -0.170. The van der Waals surface area contributed by atoms with Crippen LogP contribution in [0.5, 0.6) is 0 Å². The number of aliphatic carboxylic acids is 1. The van der Waals surface area contributed by atoms with Gasteiger partial charge in [-0.3, -0.25) is 4.79 Å². The average Bonchev–Trinajstić information content (AvgIpc) is 2.48. The average molecular weight is 352 g/mol. The van der Waals surface area contributed by atoms with Crippen LogP contribution in [-0.4, -0.2) is 43.7 Å². The molecule has 0 amide bonds. The minimum atomic E-state index is -1.35. The standard InChI is InChI=1S/C20H32O5/c1-17(2,24)20(25)9-6-13-12(11-20)14(21)10-15-18(13,3)7-5-8-19(15,4)16(22)23/h11,13-15,21,24-25H,5-10H2,1-4H3,(H,22,23). The molecule has 0 heterocycles. The topological polar surface area (TPSA) is 98.0 Å². The van der Waals surface area contributed by atoms with Crippen molar-refractivity contribution in [3.8, 4) is 0 Å². The van der Waals surface area contributed by atoms with E-state index in [4.69, 9.17) is 0 Å². The second kappa shape index (κ2) is 5.54. The molecular formula is C20H32O5. The maximum atomic E-state index is 12.0. The van der Waals surface area contributed by atoms with Gasteiger partial charge in [0.1, 0.15) is 5.60 Å². The fraction of sp³-hybridized carbons (Fsp3) is 0.850. The van der Waals surface area contributed by atoms with Crippen molar-refractivity contribution in [1.82, 2.24) is 0 Å². The first kappa shape index (κ1) is 18.9. The molecule has 3 aliphatic rings. The molecule has 3 rings (SSSR count). The van der Waals surface area contributed by atoms with E-state index in [2.05, 4.69) is 6.92 Å². The highest BCUT2D eigenvalue weighted by molar-refractivity contribution is 5.75. The van der Waals surface area contributed by atoms with Gasteiger partial charge < -0.3 is 20.4 Å². The first-order valence-corrected chi connectivity index (χ1v) is 9.44. The van der Waals surface area contributed by atoms with E-state index in [1.165, 1.54) is 0 Å². The maximum absolute atomic E-state index is 12.0. The Hall–Kier alpha value is -0.910. The van der Waals surface area contributed by atoms with Crippen LogP contribution in [0.1, 0.15) is 66.2 Å². The van der Waals surface area contributed by atoms with Crippen molar-refractivity contribution in [2.24, 2.45) is 22.7 Å². The van der Waals surface area contributed by atoms with Gasteiger partial charge in [0.25, 0.3) is 0 Å². The molecule has 6 atom stereocenters. The van der Waals surface area contributed by atoms with Crippen LogP contribution < -0.4 is 0 Å². The summed E-state index contributed by atoms with van der Waals surface area (Å²) in [5.74, 6) is -0.800. The molecule has 25 heavy (non-hydrogen) atoms. The molecule has 0 aromatic carbocycles. The second-order valence-electron chi connectivity index (χ2n) is 9.60. The van der Waals surface area contributed by atoms with E-state index in [0.29, 0.717) is 25.7 Å². The van der Waals surface area contributed by atoms with Crippen molar-refractivity contribution in [3.63, 3.8) is 0 Å². The van der Waals surface area contributed by atoms with Crippen LogP contribution in [0, 0.1) is 22.7 Å². The predicted molar refractivity (Wildman–Crippen MR) is 93.9 cm³/mol. The number of aliphatic hydroxyl groups is 3. The zero-order chi connectivity index (χ0) is 18.8. The van der Waals surface area contributed by atoms with Gasteiger partial charge in [-0.05, 0) is 81.8 Å². The number of carboxylic acids is 1. The molecule has 0 aromatic heterocycles. The number of hydrogen-bond donors (Lipinski definition) is 4. The molecular weight excluding hydrogens is 320 g/mol. The SMILES string of the molecule is CC1(C(=O)O)CCCC2(C)C3CCC(O)(C(C)(C)O)C=C3C(O)CC12. The Morgan fingerprint density at radius 1 is 1.24 bits per heavy atom. The smallest absolute Gasteiger partial charge is 0.309 e. The minimum absolute atomic E-state index is 0.0582. The number of aliphatic hydroxyl groups excluding tert-OH is 1. The van der Waals surface area contributed by atoms with E-state index in [9.17, 15) is 25.2 Å². The second-order valence-corrected chi connectivity index (χ2v) is 9.60. The van der Waals surface area contributed by atoms with Crippen molar-refractivity contribution < 1.29 is 25.2 Å². The van der Waals surface area contributed by atoms with Crippen LogP contribution in [0.25, 0.3) is 0 Å². The number of fused-ring (bicyclic) bond motifs is 3. The third-order valence-electron chi connectivity index (χ3n) is 7.79. The Morgan fingerprint density at radius 2 is 1.88 bits per heavy atom. The lowest BCUT2D eigenvalue weighted by Crippen LogP contribution is -2.59. The van der Waals surface area contributed by atoms with Gasteiger partial charge in [-0.15, -0.1) is 0 Å². The molecule has 5 heteroatoms. The van der Waals surface area contributed by atoms with E-state index in [0.717, 1.165) is 18.4 Å². The Morgan fingerprint density at radius 3 is 2.44 bits per heavy atom. The lowest BCUT2D eigenvalue weighted by Gasteiger charge is -2.60. The first-order valence-electron chi connectivity index (χ1n) is 9.44. The number of rotatable bonds is 2. The molecule has 0 radical (unpaired) electrons. The van der Waals surface area contributed by atoms with Gasteiger partial charge in [0, 0.05) is 0 Å². The summed E-state index contributed by atoms with van der Waals surface area (Å²) in [6, 6.07) is 0. The predicted octanol–water partition coefficient (Wildman–Crippen LogP) is 2.49. The highest BCUT2D eigenvalue weighted by Gasteiger charge is 2.61. The minimum Gasteiger partial charge on any atom is -0.481 e. The van der Waals surface area contributed by atoms with Gasteiger partial charge in [-0.1, -0.05) is 13.3 Å².